The summed E-state index contributed by atoms with van der Waals surface area (Å²) in [5, 5.41) is 12.1. The molecule has 1 unspecified atom stereocenters. The lowest BCUT2D eigenvalue weighted by Gasteiger charge is -2.39. The number of nitrogens with one attached hydrogen (secondary N) is 1. The molecule has 0 radical (unpaired) electrons. The normalized spacial score (nSPS) is 19.0. The van der Waals surface area contributed by atoms with Gasteiger partial charge in [0.15, 0.2) is 0 Å². The van der Waals surface area contributed by atoms with Gasteiger partial charge in [-0.25, -0.2) is 0 Å². The van der Waals surface area contributed by atoms with Crippen LogP contribution < -0.4 is 5.32 Å². The molecule has 0 aliphatic heterocycles. The third-order valence-corrected chi connectivity index (χ3v) is 3.63. The third-order valence-electron chi connectivity index (χ3n) is 3.63. The summed E-state index contributed by atoms with van der Waals surface area (Å²) in [6.45, 7) is 0. The van der Waals surface area contributed by atoms with Crippen molar-refractivity contribution in [2.45, 2.75) is 43.5 Å². The first kappa shape index (κ1) is 14.8. The van der Waals surface area contributed by atoms with Crippen molar-refractivity contribution in [2.75, 3.05) is 0 Å². The van der Waals surface area contributed by atoms with Gasteiger partial charge in [0.2, 0.25) is 0 Å². The van der Waals surface area contributed by atoms with Crippen molar-refractivity contribution < 1.29 is 23.1 Å². The Hall–Kier alpha value is -1.56. The van der Waals surface area contributed by atoms with Crippen LogP contribution in [0.15, 0.2) is 30.3 Å². The van der Waals surface area contributed by atoms with Gasteiger partial charge in [0.1, 0.15) is 0 Å². The molecule has 0 saturated heterocycles. The second-order valence-electron chi connectivity index (χ2n) is 5.22. The second-order valence-corrected chi connectivity index (χ2v) is 5.22. The number of aliphatic hydroxyl groups is 1. The average Bonchev–Trinajstić information content (AvgIpc) is 2.36. The van der Waals surface area contributed by atoms with E-state index in [1.54, 1.807) is 30.3 Å². The molecule has 1 aliphatic rings. The molecule has 1 atom stereocenters. The first-order valence-corrected chi connectivity index (χ1v) is 6.45. The molecule has 20 heavy (non-hydrogen) atoms. The van der Waals surface area contributed by atoms with Crippen LogP contribution in [-0.2, 0) is 4.79 Å². The summed E-state index contributed by atoms with van der Waals surface area (Å²) >= 11 is 0. The molecule has 2 rings (SSSR count). The van der Waals surface area contributed by atoms with Crippen molar-refractivity contribution in [3.8, 4) is 0 Å². The minimum atomic E-state index is -4.92. The topological polar surface area (TPSA) is 49.3 Å². The van der Waals surface area contributed by atoms with E-state index in [2.05, 4.69) is 0 Å². The van der Waals surface area contributed by atoms with Crippen molar-refractivity contribution >= 4 is 5.91 Å². The third kappa shape index (κ3) is 3.50. The summed E-state index contributed by atoms with van der Waals surface area (Å²) in [7, 11) is 0. The van der Waals surface area contributed by atoms with Crippen molar-refractivity contribution in [1.29, 1.82) is 0 Å². The highest BCUT2D eigenvalue weighted by Gasteiger charge is 2.42. The van der Waals surface area contributed by atoms with Crippen LogP contribution in [-0.4, -0.2) is 22.8 Å². The number of alkyl halides is 3. The van der Waals surface area contributed by atoms with Crippen molar-refractivity contribution in [3.63, 3.8) is 0 Å². The highest BCUT2D eigenvalue weighted by atomic mass is 19.4. The highest BCUT2D eigenvalue weighted by molar-refractivity contribution is 5.82. The van der Waals surface area contributed by atoms with E-state index in [1.807, 2.05) is 5.32 Å². The Morgan fingerprint density at radius 2 is 1.90 bits per heavy atom. The van der Waals surface area contributed by atoms with Crippen LogP contribution in [0.2, 0.25) is 0 Å². The second kappa shape index (κ2) is 5.44. The summed E-state index contributed by atoms with van der Waals surface area (Å²) in [5.74, 6) is -1.98. The fraction of sp³-hybridized carbons (Fsp3) is 0.500. The van der Waals surface area contributed by atoms with Gasteiger partial charge in [0.05, 0.1) is 11.6 Å². The summed E-state index contributed by atoms with van der Waals surface area (Å²) in [4.78, 5) is 11.1. The van der Waals surface area contributed by atoms with Gasteiger partial charge >= 0.3 is 12.1 Å². The van der Waals surface area contributed by atoms with E-state index >= 15 is 0 Å². The number of halogens is 3. The van der Waals surface area contributed by atoms with Gasteiger partial charge in [-0.1, -0.05) is 30.3 Å². The summed E-state index contributed by atoms with van der Waals surface area (Å²) in [6, 6.07) is 7.56. The molecule has 1 aromatic carbocycles. The highest BCUT2D eigenvalue weighted by Crippen LogP contribution is 2.39. The Morgan fingerprint density at radius 1 is 1.30 bits per heavy atom. The minimum absolute atomic E-state index is 0.0961. The van der Waals surface area contributed by atoms with Crippen molar-refractivity contribution in [1.82, 2.24) is 5.32 Å². The Bertz CT molecular complexity index is 469. The fourth-order valence-electron chi connectivity index (χ4n) is 2.35. The van der Waals surface area contributed by atoms with E-state index in [0.29, 0.717) is 18.4 Å². The van der Waals surface area contributed by atoms with Gasteiger partial charge in [0, 0.05) is 6.42 Å². The van der Waals surface area contributed by atoms with Gasteiger partial charge in [-0.15, -0.1) is 0 Å². The van der Waals surface area contributed by atoms with Gasteiger partial charge in [-0.3, -0.25) is 4.79 Å². The maximum atomic E-state index is 12.4. The van der Waals surface area contributed by atoms with Gasteiger partial charge < -0.3 is 10.4 Å². The maximum absolute atomic E-state index is 12.4. The monoisotopic (exact) mass is 287 g/mol. The van der Waals surface area contributed by atoms with Crippen LogP contribution in [0, 0.1) is 0 Å². The lowest BCUT2D eigenvalue weighted by Crippen LogP contribution is -2.45. The first-order valence-electron chi connectivity index (χ1n) is 6.45. The van der Waals surface area contributed by atoms with E-state index in [0.717, 1.165) is 6.42 Å². The summed E-state index contributed by atoms with van der Waals surface area (Å²) < 4.78 is 37.1. The molecular weight excluding hydrogens is 271 g/mol. The average molecular weight is 287 g/mol. The first-order chi connectivity index (χ1) is 9.30. The number of hydrogen-bond donors (Lipinski definition) is 2. The van der Waals surface area contributed by atoms with Crippen LogP contribution in [0.5, 0.6) is 0 Å². The number of carbonyl (C=O) groups is 1. The van der Waals surface area contributed by atoms with Gasteiger partial charge in [0.25, 0.3) is 0 Å². The maximum Gasteiger partial charge on any atom is 0.471 e. The molecule has 2 N–H and O–H groups in total. The van der Waals surface area contributed by atoms with Crippen molar-refractivity contribution in [2.24, 2.45) is 0 Å². The SMILES string of the molecule is O=C(NC(CC1(O)CCC1)c1ccccc1)C(F)(F)F. The Morgan fingerprint density at radius 3 is 2.35 bits per heavy atom. The molecule has 0 aromatic heterocycles. The van der Waals surface area contributed by atoms with Crippen LogP contribution in [0.4, 0.5) is 13.2 Å². The number of rotatable bonds is 4. The largest absolute Gasteiger partial charge is 0.471 e. The van der Waals surface area contributed by atoms with Crippen molar-refractivity contribution in [3.05, 3.63) is 35.9 Å². The molecule has 1 aliphatic carbocycles. The van der Waals surface area contributed by atoms with Crippen LogP contribution in [0.1, 0.15) is 37.3 Å². The zero-order chi connectivity index (χ0) is 14.8. The van der Waals surface area contributed by atoms with Gasteiger partial charge in [-0.05, 0) is 24.8 Å². The molecule has 0 bridgehead atoms. The zero-order valence-corrected chi connectivity index (χ0v) is 10.8. The van der Waals surface area contributed by atoms with E-state index in [4.69, 9.17) is 0 Å². The number of carbonyl (C=O) groups excluding carboxylic acids is 1. The fourth-order valence-corrected chi connectivity index (χ4v) is 2.35. The summed E-state index contributed by atoms with van der Waals surface area (Å²) in [6.07, 6.45) is -2.87. The lowest BCUT2D eigenvalue weighted by atomic mass is 9.75. The van der Waals surface area contributed by atoms with Crippen LogP contribution in [0.25, 0.3) is 0 Å². The molecule has 6 heteroatoms. The van der Waals surface area contributed by atoms with E-state index < -0.39 is 23.7 Å². The molecule has 1 saturated carbocycles. The Balaban J connectivity index is 2.14. The minimum Gasteiger partial charge on any atom is -0.390 e. The van der Waals surface area contributed by atoms with Crippen LogP contribution >= 0.6 is 0 Å². The quantitative estimate of drug-likeness (QED) is 0.894. The molecule has 1 aromatic rings. The van der Waals surface area contributed by atoms with E-state index in [1.165, 1.54) is 0 Å². The standard InChI is InChI=1S/C14H16F3NO2/c15-14(16,17)12(19)18-11(9-13(20)7-4-8-13)10-5-2-1-3-6-10/h1-3,5-6,11,20H,4,7-9H2,(H,18,19). The molecule has 0 spiro atoms. The zero-order valence-electron chi connectivity index (χ0n) is 10.8. The summed E-state index contributed by atoms with van der Waals surface area (Å²) in [5.41, 5.74) is -0.412. The predicted molar refractivity (Wildman–Crippen MR) is 66.8 cm³/mol. The molecule has 110 valence electrons. The van der Waals surface area contributed by atoms with E-state index in [-0.39, 0.29) is 6.42 Å². The molecule has 1 amide bonds. The Labute approximate surface area is 114 Å². The smallest absolute Gasteiger partial charge is 0.390 e. The molecular formula is C14H16F3NO2. The van der Waals surface area contributed by atoms with Gasteiger partial charge in [-0.2, -0.15) is 13.2 Å². The lowest BCUT2D eigenvalue weighted by molar-refractivity contribution is -0.175. The Kier molecular flexibility index (Phi) is 4.04. The number of benzene rings is 1. The molecule has 1 fully saturated rings. The predicted octanol–water partition coefficient (Wildman–Crippen LogP) is 2.71. The molecule has 3 nitrogen and oxygen atoms in total. The van der Waals surface area contributed by atoms with Crippen LogP contribution in [0.3, 0.4) is 0 Å². The molecule has 0 heterocycles. The number of hydrogen-bond acceptors (Lipinski definition) is 2. The number of amides is 1. The van der Waals surface area contributed by atoms with E-state index in [9.17, 15) is 23.1 Å².